The number of amides is 1. The number of rotatable bonds is 7. The van der Waals surface area contributed by atoms with E-state index in [2.05, 4.69) is 5.32 Å². The van der Waals surface area contributed by atoms with Gasteiger partial charge in [0, 0.05) is 13.2 Å². The summed E-state index contributed by atoms with van der Waals surface area (Å²) >= 11 is 1.41. The van der Waals surface area contributed by atoms with Gasteiger partial charge in [-0.15, -0.1) is 11.3 Å². The molecule has 1 heterocycles. The zero-order chi connectivity index (χ0) is 13.0. The molecule has 0 aromatic carbocycles. The van der Waals surface area contributed by atoms with Crippen LogP contribution in [0.15, 0.2) is 11.4 Å². The van der Waals surface area contributed by atoms with Crippen molar-refractivity contribution in [3.63, 3.8) is 0 Å². The lowest BCUT2D eigenvalue weighted by molar-refractivity contribution is 0.0321. The zero-order valence-electron chi connectivity index (χ0n) is 10.5. The smallest absolute Gasteiger partial charge is 0.261 e. The fourth-order valence-electron chi connectivity index (χ4n) is 1.61. The minimum atomic E-state index is -0.632. The summed E-state index contributed by atoms with van der Waals surface area (Å²) in [6, 6.07) is 1.91. The molecule has 100 valence electrons. The molecule has 2 rings (SSSR count). The van der Waals surface area contributed by atoms with Gasteiger partial charge in [0.15, 0.2) is 0 Å². The molecular formula is C13H19NO3S. The largest absolute Gasteiger partial charge is 0.389 e. The summed E-state index contributed by atoms with van der Waals surface area (Å²) in [4.78, 5) is 12.5. The number of thiophene rings is 1. The predicted molar refractivity (Wildman–Crippen MR) is 70.9 cm³/mol. The summed E-state index contributed by atoms with van der Waals surface area (Å²) in [6.45, 7) is 3.16. The van der Waals surface area contributed by atoms with Gasteiger partial charge in [-0.2, -0.15) is 0 Å². The maximum absolute atomic E-state index is 11.8. The second kappa shape index (κ2) is 6.31. The van der Waals surface area contributed by atoms with Gasteiger partial charge < -0.3 is 15.2 Å². The van der Waals surface area contributed by atoms with Crippen molar-refractivity contribution in [3.05, 3.63) is 21.9 Å². The van der Waals surface area contributed by atoms with Crippen molar-refractivity contribution in [3.8, 4) is 0 Å². The first kappa shape index (κ1) is 13.5. The molecule has 0 aliphatic heterocycles. The van der Waals surface area contributed by atoms with Gasteiger partial charge in [-0.25, -0.2) is 0 Å². The molecule has 4 nitrogen and oxygen atoms in total. The molecule has 1 aromatic rings. The number of aliphatic hydroxyl groups excluding tert-OH is 1. The van der Waals surface area contributed by atoms with Crippen LogP contribution < -0.4 is 5.32 Å². The van der Waals surface area contributed by atoms with Crippen LogP contribution in [0.1, 0.15) is 28.1 Å². The van der Waals surface area contributed by atoms with Crippen molar-refractivity contribution < 1.29 is 14.6 Å². The van der Waals surface area contributed by atoms with E-state index in [1.807, 2.05) is 18.4 Å². The Morgan fingerprint density at radius 1 is 1.67 bits per heavy atom. The van der Waals surface area contributed by atoms with Crippen LogP contribution in [0.5, 0.6) is 0 Å². The van der Waals surface area contributed by atoms with Crippen LogP contribution >= 0.6 is 11.3 Å². The van der Waals surface area contributed by atoms with Crippen LogP contribution in [0.4, 0.5) is 0 Å². The number of nitrogens with one attached hydrogen (secondary N) is 1. The van der Waals surface area contributed by atoms with Crippen LogP contribution in [0, 0.1) is 12.8 Å². The molecule has 0 radical (unpaired) electrons. The topological polar surface area (TPSA) is 58.6 Å². The molecule has 1 amide bonds. The minimum absolute atomic E-state index is 0.122. The van der Waals surface area contributed by atoms with Crippen LogP contribution in [0.2, 0.25) is 0 Å². The summed E-state index contributed by atoms with van der Waals surface area (Å²) in [6.07, 6.45) is 1.85. The first-order valence-corrected chi connectivity index (χ1v) is 7.13. The van der Waals surface area contributed by atoms with E-state index in [-0.39, 0.29) is 12.5 Å². The number of hydrogen-bond donors (Lipinski definition) is 2. The fraction of sp³-hybridized carbons (Fsp3) is 0.615. The molecule has 18 heavy (non-hydrogen) atoms. The third-order valence-corrected chi connectivity index (χ3v) is 3.94. The fourth-order valence-corrected chi connectivity index (χ4v) is 2.45. The number of carbonyl (C=O) groups is 1. The lowest BCUT2D eigenvalue weighted by atomic mass is 10.3. The van der Waals surface area contributed by atoms with E-state index >= 15 is 0 Å². The molecule has 5 heteroatoms. The van der Waals surface area contributed by atoms with E-state index < -0.39 is 6.10 Å². The van der Waals surface area contributed by atoms with Crippen molar-refractivity contribution in [1.29, 1.82) is 0 Å². The highest BCUT2D eigenvalue weighted by molar-refractivity contribution is 7.12. The van der Waals surface area contributed by atoms with Gasteiger partial charge in [0.2, 0.25) is 0 Å². The SMILES string of the molecule is Cc1ccsc1C(=O)NCC(O)COCC1CC1. The molecule has 0 bridgehead atoms. The quantitative estimate of drug-likeness (QED) is 0.790. The van der Waals surface area contributed by atoms with E-state index in [1.165, 1.54) is 24.2 Å². The lowest BCUT2D eigenvalue weighted by Crippen LogP contribution is -2.34. The van der Waals surface area contributed by atoms with E-state index in [4.69, 9.17) is 4.74 Å². The van der Waals surface area contributed by atoms with Crippen molar-refractivity contribution in [2.24, 2.45) is 5.92 Å². The Bertz CT molecular complexity index is 401. The molecule has 1 atom stereocenters. The zero-order valence-corrected chi connectivity index (χ0v) is 11.3. The van der Waals surface area contributed by atoms with Crippen molar-refractivity contribution in [1.82, 2.24) is 5.32 Å². The van der Waals surface area contributed by atoms with Gasteiger partial charge in [-0.05, 0) is 42.7 Å². The molecule has 2 N–H and O–H groups in total. The Morgan fingerprint density at radius 3 is 3.06 bits per heavy atom. The van der Waals surface area contributed by atoms with E-state index in [9.17, 15) is 9.90 Å². The second-order valence-corrected chi connectivity index (χ2v) is 5.69. The van der Waals surface area contributed by atoms with Crippen molar-refractivity contribution in [2.75, 3.05) is 19.8 Å². The Labute approximate surface area is 111 Å². The van der Waals surface area contributed by atoms with E-state index in [1.54, 1.807) is 0 Å². The van der Waals surface area contributed by atoms with Gasteiger partial charge in [0.25, 0.3) is 5.91 Å². The molecule has 0 spiro atoms. The molecule has 1 aromatic heterocycles. The number of carbonyl (C=O) groups excluding carboxylic acids is 1. The summed E-state index contributed by atoms with van der Waals surface area (Å²) < 4.78 is 5.37. The average Bonchev–Trinajstić information content (AvgIpc) is 3.07. The van der Waals surface area contributed by atoms with Gasteiger partial charge in [0.1, 0.15) is 0 Å². The van der Waals surface area contributed by atoms with Crippen LogP contribution in [-0.4, -0.2) is 36.9 Å². The molecule has 1 saturated carbocycles. The maximum Gasteiger partial charge on any atom is 0.261 e. The third kappa shape index (κ3) is 4.08. The Hall–Kier alpha value is -0.910. The van der Waals surface area contributed by atoms with Crippen LogP contribution in [0.25, 0.3) is 0 Å². The molecule has 1 aliphatic carbocycles. The molecule has 0 saturated heterocycles. The highest BCUT2D eigenvalue weighted by atomic mass is 32.1. The van der Waals surface area contributed by atoms with Gasteiger partial charge in [0.05, 0.1) is 17.6 Å². The highest BCUT2D eigenvalue weighted by Crippen LogP contribution is 2.28. The number of aliphatic hydroxyl groups is 1. The normalized spacial score (nSPS) is 16.6. The van der Waals surface area contributed by atoms with E-state index in [0.717, 1.165) is 12.2 Å². The van der Waals surface area contributed by atoms with Gasteiger partial charge in [-0.3, -0.25) is 4.79 Å². The van der Waals surface area contributed by atoms with Crippen LogP contribution in [0.3, 0.4) is 0 Å². The van der Waals surface area contributed by atoms with Gasteiger partial charge >= 0.3 is 0 Å². The van der Waals surface area contributed by atoms with Gasteiger partial charge in [-0.1, -0.05) is 0 Å². The Morgan fingerprint density at radius 2 is 2.44 bits per heavy atom. The Kier molecular flexibility index (Phi) is 4.74. The third-order valence-electron chi connectivity index (χ3n) is 2.93. The molecule has 1 fully saturated rings. The summed E-state index contributed by atoms with van der Waals surface area (Å²) in [5.41, 5.74) is 0.969. The molecule has 1 aliphatic rings. The summed E-state index contributed by atoms with van der Waals surface area (Å²) in [5, 5.41) is 14.3. The number of aryl methyl sites for hydroxylation is 1. The number of hydrogen-bond acceptors (Lipinski definition) is 4. The monoisotopic (exact) mass is 269 g/mol. The Balaban J connectivity index is 1.63. The van der Waals surface area contributed by atoms with Crippen molar-refractivity contribution >= 4 is 17.2 Å². The average molecular weight is 269 g/mol. The first-order valence-electron chi connectivity index (χ1n) is 6.25. The summed E-state index contributed by atoms with van der Waals surface area (Å²) in [7, 11) is 0. The highest BCUT2D eigenvalue weighted by Gasteiger charge is 2.21. The number of ether oxygens (including phenoxy) is 1. The van der Waals surface area contributed by atoms with Crippen LogP contribution in [-0.2, 0) is 4.74 Å². The maximum atomic E-state index is 11.8. The first-order chi connectivity index (χ1) is 8.66. The second-order valence-electron chi connectivity index (χ2n) is 4.78. The van der Waals surface area contributed by atoms with Crippen molar-refractivity contribution in [2.45, 2.75) is 25.9 Å². The summed E-state index contributed by atoms with van der Waals surface area (Å²) in [5.74, 6) is 0.573. The van der Waals surface area contributed by atoms with E-state index in [0.29, 0.717) is 17.4 Å². The standard InChI is InChI=1S/C13H19NO3S/c1-9-4-5-18-12(9)13(16)14-6-11(15)8-17-7-10-2-3-10/h4-5,10-11,15H,2-3,6-8H2,1H3,(H,14,16). The minimum Gasteiger partial charge on any atom is -0.389 e. The molecule has 1 unspecified atom stereocenters. The predicted octanol–water partition coefficient (Wildman–Crippen LogP) is 1.57. The lowest BCUT2D eigenvalue weighted by Gasteiger charge is -2.12. The molecular weight excluding hydrogens is 250 g/mol.